The Morgan fingerprint density at radius 2 is 1.79 bits per heavy atom. The van der Waals surface area contributed by atoms with Gasteiger partial charge in [0.2, 0.25) is 0 Å². The quantitative estimate of drug-likeness (QED) is 0.936. The summed E-state index contributed by atoms with van der Waals surface area (Å²) in [4.78, 5) is 8.73. The lowest BCUT2D eigenvalue weighted by Gasteiger charge is -2.08. The molecule has 0 radical (unpaired) electrons. The third-order valence-corrected chi connectivity index (χ3v) is 2.90. The minimum absolute atomic E-state index is 0.344. The van der Waals surface area contributed by atoms with Gasteiger partial charge in [-0.15, -0.1) is 0 Å². The van der Waals surface area contributed by atoms with Gasteiger partial charge < -0.3 is 10.1 Å². The van der Waals surface area contributed by atoms with Crippen molar-refractivity contribution < 1.29 is 4.74 Å². The minimum atomic E-state index is 0.344. The van der Waals surface area contributed by atoms with Crippen LogP contribution in [0.25, 0.3) is 11.3 Å². The molecule has 0 saturated heterocycles. The largest absolute Gasteiger partial charge is 0.377 e. The summed E-state index contributed by atoms with van der Waals surface area (Å²) in [5, 5.41) is 4.13. The van der Waals surface area contributed by atoms with E-state index < -0.39 is 0 Å². The molecule has 6 heteroatoms. The molecular weight excluding hydrogens is 285 g/mol. The number of nitrogens with zero attached hydrogens (tertiary/aromatic N) is 2. The molecule has 0 fully saturated rings. The Hall–Kier alpha value is -1.36. The molecule has 1 aromatic carbocycles. The molecule has 0 unspecified atom stereocenters. The molecule has 0 spiro atoms. The molecule has 0 amide bonds. The normalized spacial score (nSPS) is 10.5. The number of ether oxygens (including phenoxy) is 1. The van der Waals surface area contributed by atoms with Crippen molar-refractivity contribution in [2.75, 3.05) is 19.5 Å². The molecule has 1 aromatic heterocycles. The maximum absolute atomic E-state index is 6.01. The Morgan fingerprint density at radius 3 is 2.37 bits per heavy atom. The van der Waals surface area contributed by atoms with E-state index in [9.17, 15) is 0 Å². The van der Waals surface area contributed by atoms with Crippen LogP contribution < -0.4 is 5.32 Å². The van der Waals surface area contributed by atoms with Gasteiger partial charge in [-0.1, -0.05) is 23.2 Å². The van der Waals surface area contributed by atoms with Crippen LogP contribution in [0.1, 0.15) is 5.82 Å². The first-order valence-corrected chi connectivity index (χ1v) is 6.39. The molecule has 0 saturated carbocycles. The van der Waals surface area contributed by atoms with E-state index >= 15 is 0 Å². The molecule has 0 atom stereocenters. The van der Waals surface area contributed by atoms with Crippen LogP contribution in [0.5, 0.6) is 0 Å². The molecule has 0 aliphatic heterocycles. The number of methoxy groups -OCH3 is 1. The highest BCUT2D eigenvalue weighted by Crippen LogP contribution is 2.27. The van der Waals surface area contributed by atoms with Crippen LogP contribution in [-0.2, 0) is 11.3 Å². The van der Waals surface area contributed by atoms with Crippen molar-refractivity contribution in [3.05, 3.63) is 40.1 Å². The van der Waals surface area contributed by atoms with Gasteiger partial charge in [-0.25, -0.2) is 9.97 Å². The van der Waals surface area contributed by atoms with Crippen molar-refractivity contribution in [3.63, 3.8) is 0 Å². The first kappa shape index (κ1) is 14.1. The monoisotopic (exact) mass is 297 g/mol. The molecule has 2 aromatic rings. The Kier molecular flexibility index (Phi) is 4.58. The van der Waals surface area contributed by atoms with Gasteiger partial charge in [0.15, 0.2) is 5.82 Å². The molecule has 0 aliphatic carbocycles. The highest BCUT2D eigenvalue weighted by Gasteiger charge is 2.08. The summed E-state index contributed by atoms with van der Waals surface area (Å²) in [5.41, 5.74) is 1.59. The van der Waals surface area contributed by atoms with Crippen molar-refractivity contribution in [3.8, 4) is 11.3 Å². The van der Waals surface area contributed by atoms with E-state index in [2.05, 4.69) is 15.3 Å². The maximum Gasteiger partial charge on any atom is 0.157 e. The van der Waals surface area contributed by atoms with Crippen LogP contribution in [-0.4, -0.2) is 24.1 Å². The van der Waals surface area contributed by atoms with E-state index in [-0.39, 0.29) is 0 Å². The number of aromatic nitrogens is 2. The minimum Gasteiger partial charge on any atom is -0.377 e. The molecule has 4 nitrogen and oxygen atoms in total. The average molecular weight is 298 g/mol. The Labute approximate surface area is 121 Å². The second-order valence-corrected chi connectivity index (χ2v) is 4.77. The van der Waals surface area contributed by atoms with E-state index in [1.807, 2.05) is 18.2 Å². The van der Waals surface area contributed by atoms with Gasteiger partial charge in [0.05, 0.1) is 5.69 Å². The zero-order chi connectivity index (χ0) is 13.8. The number of anilines is 1. The van der Waals surface area contributed by atoms with Crippen LogP contribution in [0.4, 0.5) is 5.82 Å². The molecule has 0 aliphatic rings. The van der Waals surface area contributed by atoms with E-state index in [0.29, 0.717) is 28.3 Å². The van der Waals surface area contributed by atoms with E-state index in [4.69, 9.17) is 27.9 Å². The molecule has 19 heavy (non-hydrogen) atoms. The van der Waals surface area contributed by atoms with Crippen molar-refractivity contribution in [1.82, 2.24) is 9.97 Å². The molecule has 100 valence electrons. The Balaban J connectivity index is 2.50. The average Bonchev–Trinajstić information content (AvgIpc) is 2.37. The van der Waals surface area contributed by atoms with Crippen LogP contribution in [0.15, 0.2) is 24.3 Å². The zero-order valence-electron chi connectivity index (χ0n) is 10.6. The summed E-state index contributed by atoms with van der Waals surface area (Å²) in [6, 6.07) is 7.14. The first-order chi connectivity index (χ1) is 9.12. The molecule has 1 N–H and O–H groups in total. The number of halogens is 2. The summed E-state index contributed by atoms with van der Waals surface area (Å²) < 4.78 is 5.06. The second kappa shape index (κ2) is 6.19. The van der Waals surface area contributed by atoms with Gasteiger partial charge in [0.25, 0.3) is 0 Å². The lowest BCUT2D eigenvalue weighted by atomic mass is 10.1. The van der Waals surface area contributed by atoms with Crippen LogP contribution in [0, 0.1) is 0 Å². The fourth-order valence-electron chi connectivity index (χ4n) is 1.67. The Morgan fingerprint density at radius 1 is 1.11 bits per heavy atom. The number of hydrogen-bond acceptors (Lipinski definition) is 4. The van der Waals surface area contributed by atoms with Gasteiger partial charge in [-0.3, -0.25) is 0 Å². The number of nitrogens with one attached hydrogen (secondary N) is 1. The van der Waals surface area contributed by atoms with Crippen molar-refractivity contribution in [2.24, 2.45) is 0 Å². The standard InChI is InChI=1S/C13H13Cl2N3O/c1-16-12-6-11(17-13(18-12)7-19-2)8-3-9(14)5-10(15)4-8/h3-6H,7H2,1-2H3,(H,16,17,18). The summed E-state index contributed by atoms with van der Waals surface area (Å²) in [6.45, 7) is 0.344. The predicted molar refractivity (Wildman–Crippen MR) is 77.7 cm³/mol. The fourth-order valence-corrected chi connectivity index (χ4v) is 2.19. The van der Waals surface area contributed by atoms with Crippen molar-refractivity contribution in [2.45, 2.75) is 6.61 Å². The topological polar surface area (TPSA) is 47.0 Å². The van der Waals surface area contributed by atoms with Crippen molar-refractivity contribution in [1.29, 1.82) is 0 Å². The third kappa shape index (κ3) is 3.56. The Bertz CT molecular complexity index is 570. The van der Waals surface area contributed by atoms with E-state index in [0.717, 1.165) is 11.3 Å². The third-order valence-electron chi connectivity index (χ3n) is 2.46. The van der Waals surface area contributed by atoms with Crippen molar-refractivity contribution >= 4 is 29.0 Å². The first-order valence-electron chi connectivity index (χ1n) is 5.63. The molecular formula is C13H13Cl2N3O. The van der Waals surface area contributed by atoms with Gasteiger partial charge in [-0.05, 0) is 18.2 Å². The number of rotatable bonds is 4. The fraction of sp³-hybridized carbons (Fsp3) is 0.231. The number of benzene rings is 1. The lowest BCUT2D eigenvalue weighted by Crippen LogP contribution is -2.02. The number of hydrogen-bond donors (Lipinski definition) is 1. The summed E-state index contributed by atoms with van der Waals surface area (Å²) in [6.07, 6.45) is 0. The highest BCUT2D eigenvalue weighted by atomic mass is 35.5. The second-order valence-electron chi connectivity index (χ2n) is 3.90. The van der Waals surface area contributed by atoms with Gasteiger partial charge >= 0.3 is 0 Å². The van der Waals surface area contributed by atoms with Crippen LogP contribution in [0.2, 0.25) is 10.0 Å². The molecule has 1 heterocycles. The zero-order valence-corrected chi connectivity index (χ0v) is 12.1. The van der Waals surface area contributed by atoms with E-state index in [1.165, 1.54) is 0 Å². The SMILES string of the molecule is CNc1cc(-c2cc(Cl)cc(Cl)c2)nc(COC)n1. The van der Waals surface area contributed by atoms with Crippen LogP contribution >= 0.6 is 23.2 Å². The molecule has 0 bridgehead atoms. The van der Waals surface area contributed by atoms with Gasteiger partial charge in [-0.2, -0.15) is 0 Å². The maximum atomic E-state index is 6.01. The lowest BCUT2D eigenvalue weighted by molar-refractivity contribution is 0.178. The van der Waals surface area contributed by atoms with Gasteiger partial charge in [0, 0.05) is 35.8 Å². The summed E-state index contributed by atoms with van der Waals surface area (Å²) >= 11 is 12.0. The van der Waals surface area contributed by atoms with Gasteiger partial charge in [0.1, 0.15) is 12.4 Å². The summed E-state index contributed by atoms with van der Waals surface area (Å²) in [5.74, 6) is 1.31. The van der Waals surface area contributed by atoms with E-state index in [1.54, 1.807) is 20.2 Å². The highest BCUT2D eigenvalue weighted by molar-refractivity contribution is 6.35. The molecule has 2 rings (SSSR count). The predicted octanol–water partition coefficient (Wildman–Crippen LogP) is 3.64. The smallest absolute Gasteiger partial charge is 0.157 e. The summed E-state index contributed by atoms with van der Waals surface area (Å²) in [7, 11) is 3.40. The van der Waals surface area contributed by atoms with Crippen LogP contribution in [0.3, 0.4) is 0 Å².